The molecule has 0 aromatic carbocycles. The van der Waals surface area contributed by atoms with E-state index in [1.165, 1.54) is 0 Å². The first-order valence-corrected chi connectivity index (χ1v) is 5.48. The highest BCUT2D eigenvalue weighted by molar-refractivity contribution is 4.83. The van der Waals surface area contributed by atoms with Crippen LogP contribution < -0.4 is 0 Å². The summed E-state index contributed by atoms with van der Waals surface area (Å²) in [5.74, 6) is 0.720. The number of hydrogen-bond acceptors (Lipinski definition) is 3. The molecular formula is C11H21N3. The van der Waals surface area contributed by atoms with Crippen molar-refractivity contribution in [2.75, 3.05) is 32.7 Å². The van der Waals surface area contributed by atoms with Gasteiger partial charge >= 0.3 is 0 Å². The molecule has 1 heterocycles. The monoisotopic (exact) mass is 195 g/mol. The van der Waals surface area contributed by atoms with Gasteiger partial charge < -0.3 is 0 Å². The molecule has 1 saturated heterocycles. The highest BCUT2D eigenvalue weighted by Gasteiger charge is 2.22. The van der Waals surface area contributed by atoms with E-state index < -0.39 is 0 Å². The maximum absolute atomic E-state index is 8.58. The smallest absolute Gasteiger partial charge is 0.0866 e. The number of rotatable bonds is 3. The minimum atomic E-state index is 0.587. The second-order valence-corrected chi connectivity index (χ2v) is 4.45. The lowest BCUT2D eigenvalue weighted by molar-refractivity contribution is 0.0911. The van der Waals surface area contributed by atoms with Crippen LogP contribution in [0.1, 0.15) is 20.8 Å². The van der Waals surface area contributed by atoms with Gasteiger partial charge in [-0.05, 0) is 12.8 Å². The maximum atomic E-state index is 8.58. The Bertz CT molecular complexity index is 199. The predicted octanol–water partition coefficient (Wildman–Crippen LogP) is 1.17. The molecular weight excluding hydrogens is 174 g/mol. The van der Waals surface area contributed by atoms with Gasteiger partial charge in [0.25, 0.3) is 0 Å². The quantitative estimate of drug-likeness (QED) is 0.633. The van der Waals surface area contributed by atoms with Crippen LogP contribution in [0, 0.1) is 17.2 Å². The Morgan fingerprint density at radius 3 is 2.14 bits per heavy atom. The first-order chi connectivity index (χ1) is 6.65. The second-order valence-electron chi connectivity index (χ2n) is 4.45. The van der Waals surface area contributed by atoms with Gasteiger partial charge in [-0.25, -0.2) is 0 Å². The van der Waals surface area contributed by atoms with E-state index >= 15 is 0 Å². The molecule has 0 aromatic heterocycles. The van der Waals surface area contributed by atoms with Gasteiger partial charge in [0.15, 0.2) is 0 Å². The molecule has 3 nitrogen and oxygen atoms in total. The van der Waals surface area contributed by atoms with Crippen LogP contribution in [-0.2, 0) is 0 Å². The van der Waals surface area contributed by atoms with Crippen LogP contribution >= 0.6 is 0 Å². The third-order valence-corrected chi connectivity index (χ3v) is 3.24. The van der Waals surface area contributed by atoms with Crippen molar-refractivity contribution in [2.24, 2.45) is 5.92 Å². The van der Waals surface area contributed by atoms with Crippen LogP contribution in [0.15, 0.2) is 0 Å². The Morgan fingerprint density at radius 2 is 1.71 bits per heavy atom. The van der Waals surface area contributed by atoms with Gasteiger partial charge in [0.1, 0.15) is 0 Å². The van der Waals surface area contributed by atoms with Crippen molar-refractivity contribution in [3.8, 4) is 6.07 Å². The molecule has 1 rings (SSSR count). The summed E-state index contributed by atoms with van der Waals surface area (Å²) in [5, 5.41) is 8.58. The van der Waals surface area contributed by atoms with Gasteiger partial charge in [-0.3, -0.25) is 9.80 Å². The maximum Gasteiger partial charge on any atom is 0.0866 e. The van der Waals surface area contributed by atoms with Gasteiger partial charge in [-0.1, -0.05) is 13.8 Å². The van der Waals surface area contributed by atoms with Crippen molar-refractivity contribution in [2.45, 2.75) is 26.8 Å². The molecule has 0 saturated carbocycles. The molecule has 80 valence electrons. The summed E-state index contributed by atoms with van der Waals surface area (Å²) in [7, 11) is 0. The highest BCUT2D eigenvalue weighted by atomic mass is 15.3. The molecule has 1 fully saturated rings. The van der Waals surface area contributed by atoms with E-state index in [0.29, 0.717) is 12.6 Å². The topological polar surface area (TPSA) is 30.3 Å². The Hall–Kier alpha value is -0.590. The van der Waals surface area contributed by atoms with E-state index in [0.717, 1.165) is 32.1 Å². The third kappa shape index (κ3) is 2.97. The fraction of sp³-hybridized carbons (Fsp3) is 0.909. The molecule has 3 heteroatoms. The Labute approximate surface area is 87.3 Å². The summed E-state index contributed by atoms with van der Waals surface area (Å²) in [5.41, 5.74) is 0. The van der Waals surface area contributed by atoms with E-state index in [1.807, 2.05) is 0 Å². The first kappa shape index (κ1) is 11.5. The molecule has 1 atom stereocenters. The van der Waals surface area contributed by atoms with Crippen molar-refractivity contribution in [1.82, 2.24) is 9.80 Å². The lowest BCUT2D eigenvalue weighted by atomic mass is 10.0. The lowest BCUT2D eigenvalue weighted by Gasteiger charge is -2.38. The van der Waals surface area contributed by atoms with E-state index in [2.05, 4.69) is 36.6 Å². The summed E-state index contributed by atoms with van der Waals surface area (Å²) in [4.78, 5) is 4.75. The summed E-state index contributed by atoms with van der Waals surface area (Å²) in [6, 6.07) is 2.88. The Balaban J connectivity index is 2.32. The first-order valence-electron chi connectivity index (χ1n) is 5.48. The van der Waals surface area contributed by atoms with Crippen molar-refractivity contribution in [1.29, 1.82) is 5.26 Å². The van der Waals surface area contributed by atoms with Crippen molar-refractivity contribution in [3.05, 3.63) is 0 Å². The van der Waals surface area contributed by atoms with Gasteiger partial charge in [-0.15, -0.1) is 0 Å². The molecule has 0 aromatic rings. The molecule has 14 heavy (non-hydrogen) atoms. The highest BCUT2D eigenvalue weighted by Crippen LogP contribution is 2.12. The van der Waals surface area contributed by atoms with Crippen molar-refractivity contribution in [3.63, 3.8) is 0 Å². The molecule has 1 unspecified atom stereocenters. The van der Waals surface area contributed by atoms with E-state index in [4.69, 9.17) is 5.26 Å². The number of hydrogen-bond donors (Lipinski definition) is 0. The molecule has 0 radical (unpaired) electrons. The molecule has 0 aliphatic carbocycles. The van der Waals surface area contributed by atoms with Crippen LogP contribution in [0.5, 0.6) is 0 Å². The summed E-state index contributed by atoms with van der Waals surface area (Å²) in [6.07, 6.45) is 0. The number of piperazine rings is 1. The van der Waals surface area contributed by atoms with E-state index in [-0.39, 0.29) is 0 Å². The van der Waals surface area contributed by atoms with Gasteiger partial charge in [0.05, 0.1) is 12.6 Å². The zero-order valence-corrected chi connectivity index (χ0v) is 9.53. The molecule has 0 N–H and O–H groups in total. The number of nitriles is 1. The summed E-state index contributed by atoms with van der Waals surface area (Å²) in [6.45, 7) is 11.7. The van der Waals surface area contributed by atoms with Gasteiger partial charge in [0, 0.05) is 32.2 Å². The van der Waals surface area contributed by atoms with E-state index in [9.17, 15) is 0 Å². The molecule has 0 spiro atoms. The third-order valence-electron chi connectivity index (χ3n) is 3.24. The van der Waals surface area contributed by atoms with Crippen LogP contribution in [-0.4, -0.2) is 48.6 Å². The summed E-state index contributed by atoms with van der Waals surface area (Å²) >= 11 is 0. The summed E-state index contributed by atoms with van der Waals surface area (Å²) < 4.78 is 0. The van der Waals surface area contributed by atoms with Crippen molar-refractivity contribution < 1.29 is 0 Å². The van der Waals surface area contributed by atoms with Crippen LogP contribution in [0.4, 0.5) is 0 Å². The van der Waals surface area contributed by atoms with Crippen LogP contribution in [0.3, 0.4) is 0 Å². The standard InChI is InChI=1S/C11H21N3/c1-10(2)11(3)14-8-6-13(5-4-12)7-9-14/h10-11H,5-9H2,1-3H3. The van der Waals surface area contributed by atoms with Crippen LogP contribution in [0.2, 0.25) is 0 Å². The molecule has 1 aliphatic rings. The average molecular weight is 195 g/mol. The fourth-order valence-electron chi connectivity index (χ4n) is 1.85. The van der Waals surface area contributed by atoms with Crippen molar-refractivity contribution >= 4 is 0 Å². The Kier molecular flexibility index (Phi) is 4.37. The average Bonchev–Trinajstić information content (AvgIpc) is 2.18. The number of nitrogens with zero attached hydrogens (tertiary/aromatic N) is 3. The van der Waals surface area contributed by atoms with Gasteiger partial charge in [-0.2, -0.15) is 5.26 Å². The minimum Gasteiger partial charge on any atom is -0.298 e. The minimum absolute atomic E-state index is 0.587. The predicted molar refractivity (Wildman–Crippen MR) is 57.9 cm³/mol. The molecule has 0 bridgehead atoms. The van der Waals surface area contributed by atoms with Crippen LogP contribution in [0.25, 0.3) is 0 Å². The largest absolute Gasteiger partial charge is 0.298 e. The second kappa shape index (κ2) is 5.33. The lowest BCUT2D eigenvalue weighted by Crippen LogP contribution is -2.50. The SMILES string of the molecule is CC(C)C(C)N1CCN(CC#N)CC1. The van der Waals surface area contributed by atoms with E-state index in [1.54, 1.807) is 0 Å². The zero-order chi connectivity index (χ0) is 10.6. The zero-order valence-electron chi connectivity index (χ0n) is 9.53. The Morgan fingerprint density at radius 1 is 1.14 bits per heavy atom. The normalized spacial score (nSPS) is 22.2. The van der Waals surface area contributed by atoms with Gasteiger partial charge in [0.2, 0.25) is 0 Å². The molecule has 1 aliphatic heterocycles. The molecule has 0 amide bonds. The fourth-order valence-corrected chi connectivity index (χ4v) is 1.85.